The fraction of sp³-hybridized carbons (Fsp3) is 0.278. The predicted octanol–water partition coefficient (Wildman–Crippen LogP) is 3.08. The summed E-state index contributed by atoms with van der Waals surface area (Å²) in [6.07, 6.45) is 0. The molecule has 0 aliphatic heterocycles. The van der Waals surface area contributed by atoms with Crippen molar-refractivity contribution in [3.05, 3.63) is 52.5 Å². The highest BCUT2D eigenvalue weighted by atomic mass is 16.3. The van der Waals surface area contributed by atoms with Crippen molar-refractivity contribution in [1.82, 2.24) is 9.78 Å². The van der Waals surface area contributed by atoms with E-state index < -0.39 is 5.91 Å². The molecule has 0 aliphatic rings. The lowest BCUT2D eigenvalue weighted by molar-refractivity contribution is 0.0995. The maximum Gasteiger partial charge on any atom is 0.269 e. The molecule has 0 saturated carbocycles. The topological polar surface area (TPSA) is 97.8 Å². The van der Waals surface area contributed by atoms with E-state index in [1.54, 1.807) is 16.8 Å². The van der Waals surface area contributed by atoms with Crippen molar-refractivity contribution < 1.29 is 9.21 Å². The van der Waals surface area contributed by atoms with Crippen LogP contribution >= 0.6 is 0 Å². The van der Waals surface area contributed by atoms with Crippen molar-refractivity contribution in [2.75, 3.05) is 0 Å². The molecule has 2 heterocycles. The lowest BCUT2D eigenvalue weighted by Crippen LogP contribution is -2.13. The highest BCUT2D eigenvalue weighted by molar-refractivity contribution is 5.90. The van der Waals surface area contributed by atoms with Gasteiger partial charge in [-0.3, -0.25) is 9.48 Å². The van der Waals surface area contributed by atoms with E-state index in [1.807, 2.05) is 19.1 Å². The van der Waals surface area contributed by atoms with Crippen LogP contribution in [-0.2, 0) is 6.54 Å². The van der Waals surface area contributed by atoms with Crippen LogP contribution in [0.4, 0.5) is 0 Å². The molecule has 0 atom stereocenters. The minimum atomic E-state index is -0.562. The molecule has 0 saturated heterocycles. The van der Waals surface area contributed by atoms with Gasteiger partial charge in [0.05, 0.1) is 18.2 Å². The normalized spacial score (nSPS) is 11.1. The fourth-order valence-electron chi connectivity index (χ4n) is 2.66. The number of carbonyl (C=O) groups is 1. The van der Waals surface area contributed by atoms with E-state index in [-0.39, 0.29) is 11.6 Å². The van der Waals surface area contributed by atoms with Gasteiger partial charge in [0.25, 0.3) is 5.91 Å². The Bertz CT molecular complexity index is 973. The number of nitrogens with zero attached hydrogens (tertiary/aromatic N) is 3. The Balaban J connectivity index is 2.11. The van der Waals surface area contributed by atoms with Crippen molar-refractivity contribution >= 4 is 16.9 Å². The molecular formula is C18H18N4O2. The van der Waals surface area contributed by atoms with E-state index in [0.29, 0.717) is 12.1 Å². The third-order valence-electron chi connectivity index (χ3n) is 3.96. The highest BCUT2D eigenvalue weighted by Gasteiger charge is 2.15. The summed E-state index contributed by atoms with van der Waals surface area (Å²) in [6, 6.07) is 9.40. The van der Waals surface area contributed by atoms with Crippen LogP contribution in [0.5, 0.6) is 0 Å². The van der Waals surface area contributed by atoms with Crippen LogP contribution in [0.1, 0.15) is 52.8 Å². The molecule has 0 bridgehead atoms. The van der Waals surface area contributed by atoms with Crippen molar-refractivity contribution in [1.29, 1.82) is 5.26 Å². The van der Waals surface area contributed by atoms with Crippen molar-refractivity contribution in [3.8, 4) is 6.07 Å². The maximum atomic E-state index is 11.3. The molecule has 0 unspecified atom stereocenters. The van der Waals surface area contributed by atoms with Gasteiger partial charge >= 0.3 is 0 Å². The molecule has 122 valence electrons. The van der Waals surface area contributed by atoms with Gasteiger partial charge in [0, 0.05) is 22.6 Å². The smallest absolute Gasteiger partial charge is 0.269 e. The van der Waals surface area contributed by atoms with E-state index in [2.05, 4.69) is 25.0 Å². The maximum absolute atomic E-state index is 11.3. The number of rotatable bonds is 4. The summed E-state index contributed by atoms with van der Waals surface area (Å²) in [5, 5.41) is 14.4. The molecular weight excluding hydrogens is 304 g/mol. The number of amides is 1. The van der Waals surface area contributed by atoms with E-state index in [9.17, 15) is 10.1 Å². The van der Waals surface area contributed by atoms with Crippen LogP contribution in [0, 0.1) is 18.3 Å². The Morgan fingerprint density at radius 3 is 2.71 bits per heavy atom. The van der Waals surface area contributed by atoms with Crippen LogP contribution in [0.3, 0.4) is 0 Å². The van der Waals surface area contributed by atoms with Crippen LogP contribution in [0.2, 0.25) is 0 Å². The third kappa shape index (κ3) is 2.76. The molecule has 0 radical (unpaired) electrons. The summed E-state index contributed by atoms with van der Waals surface area (Å²) in [7, 11) is 0. The molecule has 1 aromatic carbocycles. The van der Waals surface area contributed by atoms with Crippen molar-refractivity contribution in [3.63, 3.8) is 0 Å². The van der Waals surface area contributed by atoms with Gasteiger partial charge in [0.2, 0.25) is 0 Å². The summed E-state index contributed by atoms with van der Waals surface area (Å²) in [6.45, 7) is 6.36. The lowest BCUT2D eigenvalue weighted by Gasteiger charge is -2.06. The van der Waals surface area contributed by atoms with E-state index in [1.165, 1.54) is 0 Å². The van der Waals surface area contributed by atoms with Gasteiger partial charge in [-0.1, -0.05) is 13.8 Å². The molecule has 0 fully saturated rings. The Labute approximate surface area is 139 Å². The zero-order valence-electron chi connectivity index (χ0n) is 13.8. The summed E-state index contributed by atoms with van der Waals surface area (Å²) in [4.78, 5) is 11.3. The van der Waals surface area contributed by atoms with Crippen molar-refractivity contribution in [2.45, 2.75) is 33.2 Å². The van der Waals surface area contributed by atoms with Gasteiger partial charge in [-0.2, -0.15) is 10.4 Å². The number of hydrogen-bond acceptors (Lipinski definition) is 4. The SMILES string of the molecule is Cc1cc(C(N)=O)nn1Cc1cc(C#N)cc2cc(C(C)C)oc12. The first-order chi connectivity index (χ1) is 11.4. The number of furan rings is 1. The molecule has 3 rings (SSSR count). The minimum Gasteiger partial charge on any atom is -0.460 e. The Hall–Kier alpha value is -3.07. The first-order valence-corrected chi connectivity index (χ1v) is 7.69. The molecule has 24 heavy (non-hydrogen) atoms. The summed E-state index contributed by atoms with van der Waals surface area (Å²) in [5.41, 5.74) is 8.48. The Kier molecular flexibility index (Phi) is 3.86. The third-order valence-corrected chi connectivity index (χ3v) is 3.96. The molecule has 6 nitrogen and oxygen atoms in total. The van der Waals surface area contributed by atoms with Gasteiger partial charge in [-0.05, 0) is 31.2 Å². The van der Waals surface area contributed by atoms with Crippen LogP contribution < -0.4 is 5.73 Å². The molecule has 6 heteroatoms. The van der Waals surface area contributed by atoms with Gasteiger partial charge in [-0.15, -0.1) is 0 Å². The average molecular weight is 322 g/mol. The number of primary amides is 1. The first kappa shape index (κ1) is 15.8. The predicted molar refractivity (Wildman–Crippen MR) is 89.6 cm³/mol. The molecule has 3 aromatic rings. The number of nitrogens with two attached hydrogens (primary N) is 1. The second-order valence-corrected chi connectivity index (χ2v) is 6.16. The van der Waals surface area contributed by atoms with E-state index in [0.717, 1.165) is 28.0 Å². The van der Waals surface area contributed by atoms with Crippen LogP contribution in [-0.4, -0.2) is 15.7 Å². The number of nitriles is 1. The number of aryl methyl sites for hydroxylation is 1. The zero-order chi connectivity index (χ0) is 17.4. The van der Waals surface area contributed by atoms with Crippen molar-refractivity contribution in [2.24, 2.45) is 5.73 Å². The zero-order valence-corrected chi connectivity index (χ0v) is 13.8. The van der Waals surface area contributed by atoms with Crippen LogP contribution in [0.25, 0.3) is 11.0 Å². The van der Waals surface area contributed by atoms with Gasteiger partial charge in [-0.25, -0.2) is 0 Å². The fourth-order valence-corrected chi connectivity index (χ4v) is 2.66. The number of hydrogen-bond donors (Lipinski definition) is 1. The Morgan fingerprint density at radius 2 is 2.12 bits per heavy atom. The quantitative estimate of drug-likeness (QED) is 0.798. The van der Waals surface area contributed by atoms with Gasteiger partial charge in [0.15, 0.2) is 0 Å². The van der Waals surface area contributed by atoms with Gasteiger partial charge < -0.3 is 10.2 Å². The average Bonchev–Trinajstić information content (AvgIpc) is 3.11. The summed E-state index contributed by atoms with van der Waals surface area (Å²) >= 11 is 0. The molecule has 1 amide bonds. The van der Waals surface area contributed by atoms with E-state index >= 15 is 0 Å². The van der Waals surface area contributed by atoms with E-state index in [4.69, 9.17) is 10.2 Å². The molecule has 0 spiro atoms. The molecule has 2 N–H and O–H groups in total. The monoisotopic (exact) mass is 322 g/mol. The Morgan fingerprint density at radius 1 is 1.38 bits per heavy atom. The first-order valence-electron chi connectivity index (χ1n) is 7.69. The number of fused-ring (bicyclic) bond motifs is 1. The molecule has 2 aromatic heterocycles. The number of carbonyl (C=O) groups excluding carboxylic acids is 1. The van der Waals surface area contributed by atoms with Crippen LogP contribution in [0.15, 0.2) is 28.7 Å². The second kappa shape index (κ2) is 5.85. The minimum absolute atomic E-state index is 0.225. The lowest BCUT2D eigenvalue weighted by atomic mass is 10.1. The standard InChI is InChI=1S/C18H18N4O2/c1-10(2)16-7-13-5-12(8-19)6-14(17(13)24-16)9-22-11(3)4-15(21-22)18(20)23/h4-7,10H,9H2,1-3H3,(H2,20,23). The number of aromatic nitrogens is 2. The second-order valence-electron chi connectivity index (χ2n) is 6.16. The summed E-state index contributed by atoms with van der Waals surface area (Å²) in [5.74, 6) is 0.563. The highest BCUT2D eigenvalue weighted by Crippen LogP contribution is 2.29. The number of benzene rings is 1. The van der Waals surface area contributed by atoms with Gasteiger partial charge in [0.1, 0.15) is 17.0 Å². The largest absolute Gasteiger partial charge is 0.460 e. The summed E-state index contributed by atoms with van der Waals surface area (Å²) < 4.78 is 7.67. The molecule has 0 aliphatic carbocycles.